The van der Waals surface area contributed by atoms with Gasteiger partial charge in [-0.3, -0.25) is 4.79 Å². The number of aromatic nitrogens is 2. The van der Waals surface area contributed by atoms with Gasteiger partial charge in [-0.1, -0.05) is 12.0 Å². The maximum atomic E-state index is 13.3. The number of amides is 1. The highest BCUT2D eigenvalue weighted by atomic mass is 19.4. The topological polar surface area (TPSA) is 76.2 Å². The van der Waals surface area contributed by atoms with Gasteiger partial charge in [-0.25, -0.2) is 9.37 Å². The molecule has 1 amide bonds. The first-order valence-corrected chi connectivity index (χ1v) is 9.82. The van der Waals surface area contributed by atoms with Crippen LogP contribution in [0.1, 0.15) is 18.2 Å². The number of imidazole rings is 1. The first-order chi connectivity index (χ1) is 15.8. The quantitative estimate of drug-likeness (QED) is 0.305. The van der Waals surface area contributed by atoms with Crippen LogP contribution in [0, 0.1) is 17.7 Å². The fourth-order valence-corrected chi connectivity index (χ4v) is 2.72. The van der Waals surface area contributed by atoms with Gasteiger partial charge in [0.25, 0.3) is 0 Å². The standard InChI is InChI=1S/C23H19F4N3O3/c1-2-32-10-11-33-19-8-7-16(22-28-14-20(30-22)23(25,26)27)13-18(19)29-21(31)9-6-15-4-3-5-17(24)12-15/h3-5,7-8,12-14H,2,10-11H2,1H3,(H,28,30)(H,29,31). The Morgan fingerprint density at radius 1 is 1.18 bits per heavy atom. The molecule has 2 N–H and O–H groups in total. The van der Waals surface area contributed by atoms with Crippen molar-refractivity contribution in [2.45, 2.75) is 13.1 Å². The number of hydrogen-bond acceptors (Lipinski definition) is 4. The van der Waals surface area contributed by atoms with Gasteiger partial charge in [-0.15, -0.1) is 0 Å². The van der Waals surface area contributed by atoms with Crippen molar-refractivity contribution in [3.63, 3.8) is 0 Å². The molecule has 1 aromatic heterocycles. The molecule has 0 aliphatic rings. The third-order valence-corrected chi connectivity index (χ3v) is 4.22. The third-order valence-electron chi connectivity index (χ3n) is 4.22. The summed E-state index contributed by atoms with van der Waals surface area (Å²) in [6.07, 6.45) is -3.89. The van der Waals surface area contributed by atoms with Crippen molar-refractivity contribution in [1.29, 1.82) is 0 Å². The molecule has 10 heteroatoms. The van der Waals surface area contributed by atoms with E-state index in [2.05, 4.69) is 27.1 Å². The van der Waals surface area contributed by atoms with E-state index in [4.69, 9.17) is 9.47 Å². The Morgan fingerprint density at radius 3 is 2.70 bits per heavy atom. The number of nitrogens with zero attached hydrogens (tertiary/aromatic N) is 1. The second-order valence-electron chi connectivity index (χ2n) is 6.61. The summed E-state index contributed by atoms with van der Waals surface area (Å²) >= 11 is 0. The Balaban J connectivity index is 1.85. The van der Waals surface area contributed by atoms with Crippen LogP contribution in [-0.4, -0.2) is 35.7 Å². The van der Waals surface area contributed by atoms with Gasteiger partial charge in [0.2, 0.25) is 0 Å². The number of carbonyl (C=O) groups excluding carboxylic acids is 1. The first kappa shape index (κ1) is 23.8. The molecule has 33 heavy (non-hydrogen) atoms. The van der Waals surface area contributed by atoms with Crippen molar-refractivity contribution in [3.05, 3.63) is 65.7 Å². The number of anilines is 1. The van der Waals surface area contributed by atoms with Crippen LogP contribution in [0.25, 0.3) is 11.4 Å². The number of hydrogen-bond donors (Lipinski definition) is 2. The van der Waals surface area contributed by atoms with Crippen LogP contribution >= 0.6 is 0 Å². The molecule has 0 fully saturated rings. The Labute approximate surface area is 186 Å². The minimum Gasteiger partial charge on any atom is -0.489 e. The number of rotatable bonds is 7. The van der Waals surface area contributed by atoms with Crippen LogP contribution in [0.3, 0.4) is 0 Å². The molecule has 1 heterocycles. The molecule has 0 unspecified atom stereocenters. The number of benzene rings is 2. The normalized spacial score (nSPS) is 10.9. The lowest BCUT2D eigenvalue weighted by molar-refractivity contribution is -0.140. The summed E-state index contributed by atoms with van der Waals surface area (Å²) in [6.45, 7) is 2.82. The van der Waals surface area contributed by atoms with Crippen molar-refractivity contribution in [1.82, 2.24) is 9.97 Å². The van der Waals surface area contributed by atoms with Crippen molar-refractivity contribution >= 4 is 11.6 Å². The van der Waals surface area contributed by atoms with Crippen molar-refractivity contribution in [3.8, 4) is 29.0 Å². The Hall–Kier alpha value is -3.84. The molecular weight excluding hydrogens is 442 g/mol. The Bertz CT molecular complexity index is 1180. The van der Waals surface area contributed by atoms with Gasteiger partial charge in [0.1, 0.15) is 29.7 Å². The number of nitrogens with one attached hydrogen (secondary N) is 2. The van der Waals surface area contributed by atoms with E-state index in [1.165, 1.54) is 36.4 Å². The molecule has 2 aromatic carbocycles. The number of alkyl halides is 3. The average Bonchev–Trinajstić information content (AvgIpc) is 3.27. The SMILES string of the molecule is CCOCCOc1ccc(-c2ncc(C(F)(F)F)[nH]2)cc1NC(=O)C#Cc1cccc(F)c1. The van der Waals surface area contributed by atoms with Crippen LogP contribution in [0.2, 0.25) is 0 Å². The van der Waals surface area contributed by atoms with Gasteiger partial charge >= 0.3 is 12.1 Å². The molecule has 0 bridgehead atoms. The van der Waals surface area contributed by atoms with E-state index in [1.807, 2.05) is 6.92 Å². The van der Waals surface area contributed by atoms with Gasteiger partial charge in [0, 0.05) is 23.7 Å². The summed E-state index contributed by atoms with van der Waals surface area (Å²) in [5.74, 6) is 3.91. The number of H-pyrrole nitrogens is 1. The molecule has 3 aromatic rings. The lowest BCUT2D eigenvalue weighted by Crippen LogP contribution is -2.12. The first-order valence-electron chi connectivity index (χ1n) is 9.82. The summed E-state index contributed by atoms with van der Waals surface area (Å²) in [6, 6.07) is 9.84. The highest BCUT2D eigenvalue weighted by Crippen LogP contribution is 2.32. The average molecular weight is 461 g/mol. The monoisotopic (exact) mass is 461 g/mol. The second kappa shape index (κ2) is 10.7. The largest absolute Gasteiger partial charge is 0.489 e. The molecule has 0 aliphatic heterocycles. The van der Waals surface area contributed by atoms with Crippen LogP contribution < -0.4 is 10.1 Å². The Morgan fingerprint density at radius 2 is 2.00 bits per heavy atom. The summed E-state index contributed by atoms with van der Waals surface area (Å²) in [4.78, 5) is 18.3. The van der Waals surface area contributed by atoms with Gasteiger partial charge < -0.3 is 19.8 Å². The van der Waals surface area contributed by atoms with Crippen LogP contribution in [0.5, 0.6) is 5.75 Å². The molecule has 3 rings (SSSR count). The van der Waals surface area contributed by atoms with Gasteiger partial charge in [-0.05, 0) is 43.3 Å². The zero-order valence-electron chi connectivity index (χ0n) is 17.4. The molecule has 0 saturated heterocycles. The number of carbonyl (C=O) groups is 1. The van der Waals surface area contributed by atoms with Crippen LogP contribution in [0.4, 0.5) is 23.2 Å². The number of ether oxygens (including phenoxy) is 2. The summed E-state index contributed by atoms with van der Waals surface area (Å²) in [5, 5.41) is 2.55. The number of aromatic amines is 1. The lowest BCUT2D eigenvalue weighted by Gasteiger charge is -2.13. The molecule has 6 nitrogen and oxygen atoms in total. The number of halogens is 4. The van der Waals surface area contributed by atoms with Gasteiger partial charge in [-0.2, -0.15) is 13.2 Å². The fourth-order valence-electron chi connectivity index (χ4n) is 2.72. The van der Waals surface area contributed by atoms with E-state index >= 15 is 0 Å². The summed E-state index contributed by atoms with van der Waals surface area (Å²) in [5.41, 5.74) is -0.230. The maximum Gasteiger partial charge on any atom is 0.432 e. The Kier molecular flexibility index (Phi) is 7.69. The van der Waals surface area contributed by atoms with E-state index in [0.29, 0.717) is 25.0 Å². The fraction of sp³-hybridized carbons (Fsp3) is 0.217. The molecule has 0 radical (unpaired) electrons. The minimum atomic E-state index is -4.57. The van der Waals surface area contributed by atoms with Gasteiger partial charge in [0.15, 0.2) is 0 Å². The second-order valence-corrected chi connectivity index (χ2v) is 6.61. The summed E-state index contributed by atoms with van der Waals surface area (Å²) in [7, 11) is 0. The zero-order chi connectivity index (χ0) is 23.8. The van der Waals surface area contributed by atoms with E-state index in [9.17, 15) is 22.4 Å². The molecular formula is C23H19F4N3O3. The summed E-state index contributed by atoms with van der Waals surface area (Å²) < 4.78 is 62.8. The minimum absolute atomic E-state index is 0.0375. The molecule has 0 saturated carbocycles. The highest BCUT2D eigenvalue weighted by Gasteiger charge is 2.33. The molecule has 0 spiro atoms. The van der Waals surface area contributed by atoms with Crippen molar-refractivity contribution in [2.24, 2.45) is 0 Å². The van der Waals surface area contributed by atoms with E-state index < -0.39 is 23.6 Å². The lowest BCUT2D eigenvalue weighted by atomic mass is 10.1. The van der Waals surface area contributed by atoms with Crippen molar-refractivity contribution < 1.29 is 31.8 Å². The van der Waals surface area contributed by atoms with Crippen LogP contribution in [0.15, 0.2) is 48.7 Å². The maximum absolute atomic E-state index is 13.3. The smallest absolute Gasteiger partial charge is 0.432 e. The van der Waals surface area contributed by atoms with E-state index in [1.54, 1.807) is 6.07 Å². The van der Waals surface area contributed by atoms with Crippen molar-refractivity contribution in [2.75, 3.05) is 25.1 Å². The predicted molar refractivity (Wildman–Crippen MR) is 113 cm³/mol. The van der Waals surface area contributed by atoms with Crippen LogP contribution in [-0.2, 0) is 15.7 Å². The molecule has 0 atom stereocenters. The molecule has 172 valence electrons. The van der Waals surface area contributed by atoms with Gasteiger partial charge in [0.05, 0.1) is 18.5 Å². The third kappa shape index (κ3) is 6.82. The highest BCUT2D eigenvalue weighted by molar-refractivity contribution is 6.05. The predicted octanol–water partition coefficient (Wildman–Crippen LogP) is 4.64. The van der Waals surface area contributed by atoms with E-state index in [0.717, 1.165) is 0 Å². The van der Waals surface area contributed by atoms with E-state index in [-0.39, 0.29) is 29.4 Å². The zero-order valence-corrected chi connectivity index (χ0v) is 17.4. The molecule has 0 aliphatic carbocycles.